The van der Waals surface area contributed by atoms with Gasteiger partial charge in [-0.15, -0.1) is 0 Å². The van der Waals surface area contributed by atoms with Crippen molar-refractivity contribution in [1.29, 1.82) is 0 Å². The minimum absolute atomic E-state index is 0.105. The highest BCUT2D eigenvalue weighted by atomic mass is 16.5. The van der Waals surface area contributed by atoms with E-state index in [1.807, 2.05) is 79.7 Å². The molecule has 1 saturated heterocycles. The molecule has 0 bridgehead atoms. The van der Waals surface area contributed by atoms with E-state index in [1.165, 1.54) is 4.90 Å². The maximum Gasteiger partial charge on any atom is 0.295 e. The Morgan fingerprint density at radius 3 is 2.15 bits per heavy atom. The van der Waals surface area contributed by atoms with Gasteiger partial charge in [0.15, 0.2) is 0 Å². The Balaban J connectivity index is 1.66. The quantitative estimate of drug-likeness (QED) is 0.312. The Labute approximate surface area is 199 Å². The van der Waals surface area contributed by atoms with Crippen molar-refractivity contribution in [3.63, 3.8) is 0 Å². The zero-order valence-electron chi connectivity index (χ0n) is 19.3. The number of carbonyl (C=O) groups is 2. The number of hydrogen-bond acceptors (Lipinski definition) is 5. The Hall–Kier alpha value is -3.90. The van der Waals surface area contributed by atoms with Crippen LogP contribution in [0.2, 0.25) is 0 Å². The number of nitrogens with zero attached hydrogens (tertiary/aromatic N) is 2. The smallest absolute Gasteiger partial charge is 0.295 e. The number of aliphatic hydroxyl groups excluding tert-OH is 1. The molecule has 1 N–H and O–H groups in total. The van der Waals surface area contributed by atoms with Gasteiger partial charge in [-0.2, -0.15) is 0 Å². The zero-order valence-corrected chi connectivity index (χ0v) is 19.3. The lowest BCUT2D eigenvalue weighted by Crippen LogP contribution is -2.35. The molecule has 0 radical (unpaired) electrons. The van der Waals surface area contributed by atoms with Crippen molar-refractivity contribution in [3.8, 4) is 5.75 Å². The monoisotopic (exact) mass is 456 g/mol. The normalized spacial score (nSPS) is 17.4. The Kier molecular flexibility index (Phi) is 7.09. The van der Waals surface area contributed by atoms with E-state index in [9.17, 15) is 14.7 Å². The van der Waals surface area contributed by atoms with Crippen LogP contribution in [-0.2, 0) is 16.2 Å². The van der Waals surface area contributed by atoms with E-state index < -0.39 is 17.7 Å². The second-order valence-electron chi connectivity index (χ2n) is 8.51. The molecule has 34 heavy (non-hydrogen) atoms. The van der Waals surface area contributed by atoms with Crippen LogP contribution in [0.1, 0.15) is 22.7 Å². The van der Waals surface area contributed by atoms with Gasteiger partial charge in [-0.1, -0.05) is 72.8 Å². The molecule has 0 saturated carbocycles. The highest BCUT2D eigenvalue weighted by Crippen LogP contribution is 2.39. The van der Waals surface area contributed by atoms with E-state index in [1.54, 1.807) is 24.3 Å². The van der Waals surface area contributed by atoms with Crippen LogP contribution in [-0.4, -0.2) is 53.8 Å². The van der Waals surface area contributed by atoms with Gasteiger partial charge in [0.25, 0.3) is 11.7 Å². The SMILES string of the molecule is CN(C)CCN1C(=O)C(=O)/C(=C(/O)c2ccccc2)C1c1ccc(OCc2ccccc2)cc1. The summed E-state index contributed by atoms with van der Waals surface area (Å²) in [6.07, 6.45) is 0. The fourth-order valence-electron chi connectivity index (χ4n) is 4.00. The molecule has 3 aromatic rings. The number of ether oxygens (including phenoxy) is 1. The van der Waals surface area contributed by atoms with E-state index in [0.717, 1.165) is 11.1 Å². The molecule has 3 aromatic carbocycles. The molecule has 4 rings (SSSR count). The third-order valence-electron chi connectivity index (χ3n) is 5.82. The molecular formula is C28H28N2O4. The first-order chi connectivity index (χ1) is 16.5. The van der Waals surface area contributed by atoms with E-state index in [2.05, 4.69) is 0 Å². The average Bonchev–Trinajstić information content (AvgIpc) is 3.12. The van der Waals surface area contributed by atoms with Gasteiger partial charge in [0, 0.05) is 18.7 Å². The number of likely N-dealkylation sites (N-methyl/N-ethyl adjacent to an activating group) is 1. The highest BCUT2D eigenvalue weighted by molar-refractivity contribution is 6.46. The molecule has 6 heteroatoms. The molecule has 1 amide bonds. The number of amides is 1. The molecule has 1 fully saturated rings. The summed E-state index contributed by atoms with van der Waals surface area (Å²) in [5.41, 5.74) is 2.41. The predicted octanol–water partition coefficient (Wildman–Crippen LogP) is 4.25. The van der Waals surface area contributed by atoms with Gasteiger partial charge in [-0.25, -0.2) is 0 Å². The molecule has 174 valence electrons. The molecule has 1 aliphatic heterocycles. The third-order valence-corrected chi connectivity index (χ3v) is 5.82. The maximum atomic E-state index is 13.0. The second-order valence-corrected chi connectivity index (χ2v) is 8.51. The van der Waals surface area contributed by atoms with Crippen molar-refractivity contribution in [3.05, 3.63) is 107 Å². The summed E-state index contributed by atoms with van der Waals surface area (Å²) in [5.74, 6) is -0.759. The Morgan fingerprint density at radius 1 is 0.912 bits per heavy atom. The van der Waals surface area contributed by atoms with Crippen LogP contribution >= 0.6 is 0 Å². The highest BCUT2D eigenvalue weighted by Gasteiger charge is 2.45. The zero-order chi connectivity index (χ0) is 24.1. The number of carbonyl (C=O) groups excluding carboxylic acids is 2. The van der Waals surface area contributed by atoms with Crippen molar-refractivity contribution in [2.75, 3.05) is 27.2 Å². The van der Waals surface area contributed by atoms with Crippen LogP contribution < -0.4 is 4.74 Å². The van der Waals surface area contributed by atoms with Crippen LogP contribution in [0.4, 0.5) is 0 Å². The molecule has 1 atom stereocenters. The first-order valence-corrected chi connectivity index (χ1v) is 11.2. The number of ketones is 1. The fraction of sp³-hybridized carbons (Fsp3) is 0.214. The van der Waals surface area contributed by atoms with Crippen molar-refractivity contribution >= 4 is 17.4 Å². The standard InChI is InChI=1S/C28H28N2O4/c1-29(2)17-18-30-25(24(27(32)28(30)33)26(31)22-11-7-4-8-12-22)21-13-15-23(16-14-21)34-19-20-9-5-3-6-10-20/h3-16,25,31H,17-19H2,1-2H3/b26-24+. The number of benzene rings is 3. The third kappa shape index (κ3) is 5.02. The summed E-state index contributed by atoms with van der Waals surface area (Å²) in [4.78, 5) is 29.5. The van der Waals surface area contributed by atoms with Crippen LogP contribution in [0.3, 0.4) is 0 Å². The molecule has 6 nitrogen and oxygen atoms in total. The van der Waals surface area contributed by atoms with E-state index in [0.29, 0.717) is 31.0 Å². The van der Waals surface area contributed by atoms with E-state index in [-0.39, 0.29) is 11.3 Å². The molecule has 1 unspecified atom stereocenters. The summed E-state index contributed by atoms with van der Waals surface area (Å²) >= 11 is 0. The minimum atomic E-state index is -0.677. The van der Waals surface area contributed by atoms with Crippen molar-refractivity contribution in [2.45, 2.75) is 12.6 Å². The van der Waals surface area contributed by atoms with Crippen molar-refractivity contribution < 1.29 is 19.4 Å². The molecule has 1 aliphatic rings. The summed E-state index contributed by atoms with van der Waals surface area (Å²) < 4.78 is 5.89. The maximum absolute atomic E-state index is 13.0. The van der Waals surface area contributed by atoms with Crippen LogP contribution in [0, 0.1) is 0 Å². The summed E-state index contributed by atoms with van der Waals surface area (Å²) in [5, 5.41) is 11.0. The molecule has 1 heterocycles. The number of Topliss-reactive ketones (excluding diaryl/α,β-unsaturated/α-hetero) is 1. The minimum Gasteiger partial charge on any atom is -0.507 e. The number of hydrogen-bond donors (Lipinski definition) is 1. The Bertz CT molecular complexity index is 1170. The van der Waals surface area contributed by atoms with E-state index in [4.69, 9.17) is 4.74 Å². The van der Waals surface area contributed by atoms with Gasteiger partial charge in [-0.3, -0.25) is 9.59 Å². The molecule has 0 aromatic heterocycles. The summed E-state index contributed by atoms with van der Waals surface area (Å²) in [7, 11) is 3.82. The van der Waals surface area contributed by atoms with Crippen molar-refractivity contribution in [2.24, 2.45) is 0 Å². The Morgan fingerprint density at radius 2 is 1.53 bits per heavy atom. The van der Waals surface area contributed by atoms with Crippen LogP contribution in [0.25, 0.3) is 5.76 Å². The van der Waals surface area contributed by atoms with Gasteiger partial charge >= 0.3 is 0 Å². The summed E-state index contributed by atoms with van der Waals surface area (Å²) in [6, 6.07) is 25.4. The van der Waals surface area contributed by atoms with Crippen molar-refractivity contribution in [1.82, 2.24) is 9.80 Å². The lowest BCUT2D eigenvalue weighted by atomic mass is 9.95. The van der Waals surface area contributed by atoms with Gasteiger partial charge < -0.3 is 19.6 Å². The van der Waals surface area contributed by atoms with Gasteiger partial charge in [-0.05, 0) is 37.4 Å². The molecule has 0 spiro atoms. The lowest BCUT2D eigenvalue weighted by Gasteiger charge is -2.26. The first kappa shape index (κ1) is 23.3. The summed E-state index contributed by atoms with van der Waals surface area (Å²) in [6.45, 7) is 1.39. The number of aliphatic hydroxyl groups is 1. The molecule has 0 aliphatic carbocycles. The number of rotatable bonds is 8. The fourth-order valence-corrected chi connectivity index (χ4v) is 4.00. The van der Waals surface area contributed by atoms with Crippen LogP contribution in [0.5, 0.6) is 5.75 Å². The topological polar surface area (TPSA) is 70.1 Å². The average molecular weight is 457 g/mol. The lowest BCUT2D eigenvalue weighted by molar-refractivity contribution is -0.140. The largest absolute Gasteiger partial charge is 0.507 e. The predicted molar refractivity (Wildman–Crippen MR) is 131 cm³/mol. The van der Waals surface area contributed by atoms with Gasteiger partial charge in [0.2, 0.25) is 0 Å². The second kappa shape index (κ2) is 10.4. The van der Waals surface area contributed by atoms with Gasteiger partial charge in [0.1, 0.15) is 18.1 Å². The van der Waals surface area contributed by atoms with E-state index >= 15 is 0 Å². The van der Waals surface area contributed by atoms with Crippen LogP contribution in [0.15, 0.2) is 90.5 Å². The molecular weight excluding hydrogens is 428 g/mol. The number of likely N-dealkylation sites (tertiary alicyclic amines) is 1. The first-order valence-electron chi connectivity index (χ1n) is 11.2. The van der Waals surface area contributed by atoms with Gasteiger partial charge in [0.05, 0.1) is 11.6 Å².